The molecule has 0 saturated carbocycles. The minimum atomic E-state index is -0.552. The second kappa shape index (κ2) is 16.1. The van der Waals surface area contributed by atoms with Crippen molar-refractivity contribution in [1.82, 2.24) is 24.6 Å². The summed E-state index contributed by atoms with van der Waals surface area (Å²) < 4.78 is 30.6. The average molecular weight is 792 g/mol. The highest BCUT2D eigenvalue weighted by Gasteiger charge is 2.35. The molecule has 0 radical (unpaired) electrons. The fraction of sp³-hybridized carbons (Fsp3) is 0.455. The number of hydrogen-bond donors (Lipinski definition) is 2. The number of carbonyl (C=O) groups is 3. The Labute approximate surface area is 335 Å². The molecule has 304 valence electrons. The number of benzene rings is 3. The van der Waals surface area contributed by atoms with E-state index < -0.39 is 17.2 Å². The fourth-order valence-electron chi connectivity index (χ4n) is 9.28. The number of aromatic nitrogens is 1. The van der Waals surface area contributed by atoms with Crippen LogP contribution in [0.5, 0.6) is 11.5 Å². The van der Waals surface area contributed by atoms with E-state index in [2.05, 4.69) is 15.1 Å². The van der Waals surface area contributed by atoms with Gasteiger partial charge in [0.2, 0.25) is 17.2 Å². The Morgan fingerprint density at radius 2 is 1.50 bits per heavy atom. The van der Waals surface area contributed by atoms with Gasteiger partial charge in [0.25, 0.3) is 5.91 Å². The Morgan fingerprint density at radius 1 is 0.810 bits per heavy atom. The topological polar surface area (TPSA) is 147 Å². The van der Waals surface area contributed by atoms with Gasteiger partial charge in [-0.3, -0.25) is 19.2 Å². The smallest absolute Gasteiger partial charge is 0.259 e. The van der Waals surface area contributed by atoms with Crippen LogP contribution < -0.4 is 26.1 Å². The van der Waals surface area contributed by atoms with E-state index in [1.54, 1.807) is 15.7 Å². The molecule has 3 amide bonds. The van der Waals surface area contributed by atoms with Crippen molar-refractivity contribution < 1.29 is 27.9 Å². The number of furan rings is 1. The first-order valence-electron chi connectivity index (χ1n) is 20.8. The first kappa shape index (κ1) is 38.1. The Balaban J connectivity index is 0.000000383. The van der Waals surface area contributed by atoms with Gasteiger partial charge in [0.15, 0.2) is 17.3 Å². The van der Waals surface area contributed by atoms with Gasteiger partial charge in [-0.2, -0.15) is 0 Å². The van der Waals surface area contributed by atoms with Crippen LogP contribution in [0.4, 0.5) is 10.1 Å². The Morgan fingerprint density at radius 3 is 2.22 bits per heavy atom. The zero-order chi connectivity index (χ0) is 39.9. The second-order valence-corrected chi connectivity index (χ2v) is 16.3. The van der Waals surface area contributed by atoms with Crippen LogP contribution in [-0.4, -0.2) is 108 Å². The number of para-hydroxylation sites is 1. The highest BCUT2D eigenvalue weighted by atomic mass is 19.1. The van der Waals surface area contributed by atoms with Gasteiger partial charge in [0.1, 0.15) is 27.9 Å². The highest BCUT2D eigenvalue weighted by Crippen LogP contribution is 2.49. The third kappa shape index (κ3) is 7.39. The standard InChI is InChI=1S/C37H36FN5O5.C7H14N2O/c38-27-17-25-33-36(34(27)41-13-5-6-14-41)48-31-18-24-23-7-1-2-8-29(23)47-30(24)19-28(31)43(33)21-26(35(25)45)37(46)42-16-9-22(20-42)39-32(44)10-15-40-11-3-4-12-40;8-7(10)3-6-9-4-1-2-5-9/h1-2,7-8,17-19,21-22H,3-6,9-16,20H2,(H,39,44);1-6H2,(H2,8,10). The van der Waals surface area contributed by atoms with Gasteiger partial charge in [0.05, 0.1) is 11.1 Å². The van der Waals surface area contributed by atoms with Crippen molar-refractivity contribution >= 4 is 56.3 Å². The van der Waals surface area contributed by atoms with Crippen molar-refractivity contribution in [3.8, 4) is 17.2 Å². The van der Waals surface area contributed by atoms with Gasteiger partial charge < -0.3 is 44.4 Å². The SMILES string of the molecule is NC(=O)CCN1CCCC1.O=C(CCN1CCCC1)NC1CCN(C(=O)c2cn3c4c(c(N5CCCC5)c(F)cc4c2=O)Oc2cc4c(cc2-3)oc2ccccc24)C1. The number of nitrogens with two attached hydrogens (primary N) is 1. The van der Waals surface area contributed by atoms with E-state index >= 15 is 4.39 Å². The molecule has 5 aliphatic heterocycles. The number of fused-ring (bicyclic) bond motifs is 5. The molecule has 3 aromatic carbocycles. The lowest BCUT2D eigenvalue weighted by atomic mass is 10.0. The average Bonchev–Trinajstić information content (AvgIpc) is 4.08. The number of hydrogen-bond acceptors (Lipinski definition) is 9. The summed E-state index contributed by atoms with van der Waals surface area (Å²) in [5, 5.41) is 4.94. The number of primary amides is 1. The van der Waals surface area contributed by atoms with E-state index in [0.29, 0.717) is 73.7 Å². The molecule has 5 aliphatic rings. The van der Waals surface area contributed by atoms with Crippen LogP contribution in [0.1, 0.15) is 68.1 Å². The van der Waals surface area contributed by atoms with E-state index in [0.717, 1.165) is 68.5 Å². The third-order valence-corrected chi connectivity index (χ3v) is 12.3. The van der Waals surface area contributed by atoms with Crippen LogP contribution in [0.15, 0.2) is 57.9 Å². The predicted octanol–water partition coefficient (Wildman–Crippen LogP) is 5.51. The summed E-state index contributed by atoms with van der Waals surface area (Å²) in [6.07, 6.45) is 9.88. The number of nitrogens with zero attached hydrogens (tertiary/aromatic N) is 5. The molecule has 13 nitrogen and oxygen atoms in total. The lowest BCUT2D eigenvalue weighted by Crippen LogP contribution is -2.40. The number of amides is 3. The van der Waals surface area contributed by atoms with Gasteiger partial charge in [-0.15, -0.1) is 0 Å². The van der Waals surface area contributed by atoms with E-state index in [1.165, 1.54) is 31.7 Å². The number of rotatable bonds is 9. The van der Waals surface area contributed by atoms with Crippen molar-refractivity contribution in [3.63, 3.8) is 0 Å². The maximum Gasteiger partial charge on any atom is 0.259 e. The van der Waals surface area contributed by atoms with Crippen LogP contribution in [0.2, 0.25) is 0 Å². The van der Waals surface area contributed by atoms with Crippen LogP contribution in [0.25, 0.3) is 38.5 Å². The molecule has 0 bridgehead atoms. The molecule has 1 unspecified atom stereocenters. The van der Waals surface area contributed by atoms with E-state index in [-0.39, 0.29) is 34.6 Å². The molecule has 4 fully saturated rings. The molecule has 5 aromatic rings. The minimum absolute atomic E-state index is 0.0262. The lowest BCUT2D eigenvalue weighted by molar-refractivity contribution is -0.122. The normalized spacial score (nSPS) is 19.2. The first-order valence-corrected chi connectivity index (χ1v) is 20.8. The molecule has 10 rings (SSSR count). The molecule has 0 spiro atoms. The predicted molar refractivity (Wildman–Crippen MR) is 221 cm³/mol. The van der Waals surface area contributed by atoms with E-state index in [4.69, 9.17) is 14.9 Å². The molecule has 7 heterocycles. The number of ether oxygens (including phenoxy) is 1. The van der Waals surface area contributed by atoms with Gasteiger partial charge >= 0.3 is 0 Å². The largest absolute Gasteiger partial charge is 0.456 e. The summed E-state index contributed by atoms with van der Waals surface area (Å²) in [5.41, 5.74) is 7.11. The number of anilines is 1. The molecule has 2 aromatic heterocycles. The maximum atomic E-state index is 16.1. The van der Waals surface area contributed by atoms with Crippen molar-refractivity contribution in [2.24, 2.45) is 5.73 Å². The molecule has 4 saturated heterocycles. The lowest BCUT2D eigenvalue weighted by Gasteiger charge is -2.29. The van der Waals surface area contributed by atoms with Crippen molar-refractivity contribution in [3.05, 3.63) is 70.3 Å². The summed E-state index contributed by atoms with van der Waals surface area (Å²) in [5.74, 6) is -0.449. The van der Waals surface area contributed by atoms with Crippen molar-refractivity contribution in [1.29, 1.82) is 0 Å². The molecule has 14 heteroatoms. The molecule has 1 atom stereocenters. The van der Waals surface area contributed by atoms with Gasteiger partial charge in [-0.1, -0.05) is 18.2 Å². The zero-order valence-corrected chi connectivity index (χ0v) is 32.8. The number of pyridine rings is 1. The summed E-state index contributed by atoms with van der Waals surface area (Å²) in [4.78, 5) is 59.3. The second-order valence-electron chi connectivity index (χ2n) is 16.3. The number of carbonyl (C=O) groups excluding carboxylic acids is 3. The van der Waals surface area contributed by atoms with Crippen LogP contribution in [0.3, 0.4) is 0 Å². The zero-order valence-electron chi connectivity index (χ0n) is 32.8. The quantitative estimate of drug-likeness (QED) is 0.194. The Hall–Kier alpha value is -5.47. The molecule has 58 heavy (non-hydrogen) atoms. The molecular weight excluding hydrogens is 742 g/mol. The maximum absolute atomic E-state index is 16.1. The van der Waals surface area contributed by atoms with Crippen molar-refractivity contribution in [2.45, 2.75) is 63.8 Å². The summed E-state index contributed by atoms with van der Waals surface area (Å²) in [7, 11) is 0. The molecule has 0 aliphatic carbocycles. The molecule has 3 N–H and O–H groups in total. The third-order valence-electron chi connectivity index (χ3n) is 12.3. The van der Waals surface area contributed by atoms with Gasteiger partial charge in [0, 0.05) is 81.2 Å². The summed E-state index contributed by atoms with van der Waals surface area (Å²) >= 11 is 0. The van der Waals surface area contributed by atoms with Crippen LogP contribution >= 0.6 is 0 Å². The molecular formula is C44H50FN7O6. The van der Waals surface area contributed by atoms with E-state index in [1.807, 2.05) is 41.3 Å². The summed E-state index contributed by atoms with van der Waals surface area (Å²) in [6, 6.07) is 12.5. The summed E-state index contributed by atoms with van der Waals surface area (Å²) in [6.45, 7) is 8.03. The van der Waals surface area contributed by atoms with Crippen LogP contribution in [0, 0.1) is 5.82 Å². The monoisotopic (exact) mass is 791 g/mol. The van der Waals surface area contributed by atoms with E-state index in [9.17, 15) is 19.2 Å². The van der Waals surface area contributed by atoms with Crippen molar-refractivity contribution in [2.75, 3.05) is 70.3 Å². The fourth-order valence-corrected chi connectivity index (χ4v) is 9.28. The first-order chi connectivity index (χ1) is 28.2. The number of halogens is 1. The highest BCUT2D eigenvalue weighted by molar-refractivity contribution is 6.07. The number of likely N-dealkylation sites (tertiary alicyclic amines) is 3. The van der Waals surface area contributed by atoms with Crippen LogP contribution in [-0.2, 0) is 9.59 Å². The Kier molecular flexibility index (Phi) is 10.5. The van der Waals surface area contributed by atoms with Gasteiger partial charge in [-0.05, 0) is 89.3 Å². The minimum Gasteiger partial charge on any atom is -0.456 e. The number of nitrogens with one attached hydrogen (secondary N) is 1. The Bertz CT molecular complexity index is 2460. The van der Waals surface area contributed by atoms with Gasteiger partial charge in [-0.25, -0.2) is 4.39 Å².